The number of carbonyl (C=O) groups excluding carboxylic acids is 1. The summed E-state index contributed by atoms with van der Waals surface area (Å²) in [6, 6.07) is 7.17. The van der Waals surface area contributed by atoms with Gasteiger partial charge in [-0.2, -0.15) is 0 Å². The highest BCUT2D eigenvalue weighted by atomic mass is 35.5. The van der Waals surface area contributed by atoms with Crippen LogP contribution in [0.2, 0.25) is 5.02 Å². The molecule has 116 valence electrons. The summed E-state index contributed by atoms with van der Waals surface area (Å²) in [6.07, 6.45) is 0. The first kappa shape index (κ1) is 14.2. The van der Waals surface area contributed by atoms with Gasteiger partial charge < -0.3 is 9.47 Å². The Bertz CT molecular complexity index is 903. The van der Waals surface area contributed by atoms with Crippen molar-refractivity contribution in [1.82, 2.24) is 4.98 Å². The third-order valence-electron chi connectivity index (χ3n) is 3.28. The Balaban J connectivity index is 1.63. The molecule has 1 aliphatic heterocycles. The molecule has 0 radical (unpaired) electrons. The quantitative estimate of drug-likeness (QED) is 0.756. The Morgan fingerprint density at radius 2 is 2.04 bits per heavy atom. The zero-order chi connectivity index (χ0) is 16.0. The van der Waals surface area contributed by atoms with E-state index in [2.05, 4.69) is 10.3 Å². The van der Waals surface area contributed by atoms with E-state index in [1.807, 2.05) is 6.07 Å². The first-order valence-electron chi connectivity index (χ1n) is 6.57. The van der Waals surface area contributed by atoms with Crippen LogP contribution < -0.4 is 14.8 Å². The van der Waals surface area contributed by atoms with E-state index in [-0.39, 0.29) is 17.4 Å². The first-order chi connectivity index (χ1) is 11.1. The van der Waals surface area contributed by atoms with E-state index in [0.29, 0.717) is 22.1 Å². The predicted octanol–water partition coefficient (Wildman–Crippen LogP) is 4.07. The third kappa shape index (κ3) is 2.58. The van der Waals surface area contributed by atoms with Crippen molar-refractivity contribution in [3.63, 3.8) is 0 Å². The lowest BCUT2D eigenvalue weighted by atomic mass is 10.2. The van der Waals surface area contributed by atoms with Gasteiger partial charge in [0.15, 0.2) is 16.6 Å². The lowest BCUT2D eigenvalue weighted by molar-refractivity contribution is 0.102. The van der Waals surface area contributed by atoms with Crippen molar-refractivity contribution in [3.8, 4) is 11.5 Å². The van der Waals surface area contributed by atoms with Gasteiger partial charge in [0.25, 0.3) is 5.91 Å². The van der Waals surface area contributed by atoms with E-state index in [1.165, 1.54) is 23.5 Å². The molecule has 8 heteroatoms. The van der Waals surface area contributed by atoms with E-state index in [4.69, 9.17) is 21.1 Å². The highest BCUT2D eigenvalue weighted by molar-refractivity contribution is 7.22. The van der Waals surface area contributed by atoms with Crippen LogP contribution in [0, 0.1) is 5.82 Å². The molecule has 0 saturated carbocycles. The largest absolute Gasteiger partial charge is 0.454 e. The summed E-state index contributed by atoms with van der Waals surface area (Å²) < 4.78 is 24.5. The van der Waals surface area contributed by atoms with Crippen LogP contribution in [-0.4, -0.2) is 17.7 Å². The van der Waals surface area contributed by atoms with Gasteiger partial charge in [-0.3, -0.25) is 10.1 Å². The number of amides is 1. The summed E-state index contributed by atoms with van der Waals surface area (Å²) >= 11 is 7.19. The van der Waals surface area contributed by atoms with Crippen LogP contribution in [0.15, 0.2) is 30.3 Å². The average molecular weight is 351 g/mol. The second-order valence-electron chi connectivity index (χ2n) is 4.77. The molecule has 2 aromatic carbocycles. The number of ether oxygens (including phenoxy) is 2. The lowest BCUT2D eigenvalue weighted by Gasteiger charge is -2.03. The molecule has 1 aromatic heterocycles. The molecule has 0 unspecified atom stereocenters. The van der Waals surface area contributed by atoms with Gasteiger partial charge in [-0.1, -0.05) is 22.9 Å². The number of rotatable bonds is 2. The number of thiazole rings is 1. The monoisotopic (exact) mass is 350 g/mol. The Hall–Kier alpha value is -2.38. The number of nitrogens with one attached hydrogen (secondary N) is 1. The number of anilines is 1. The van der Waals surface area contributed by atoms with Gasteiger partial charge in [0.2, 0.25) is 6.79 Å². The van der Waals surface area contributed by atoms with E-state index >= 15 is 0 Å². The molecule has 4 rings (SSSR count). The van der Waals surface area contributed by atoms with Crippen LogP contribution in [0.5, 0.6) is 11.5 Å². The topological polar surface area (TPSA) is 60.5 Å². The Kier molecular flexibility index (Phi) is 3.32. The first-order valence-corrected chi connectivity index (χ1v) is 7.76. The summed E-state index contributed by atoms with van der Waals surface area (Å²) in [5, 5.41) is 3.12. The number of hydrogen-bond donors (Lipinski definition) is 1. The highest BCUT2D eigenvalue weighted by Gasteiger charge is 2.18. The van der Waals surface area contributed by atoms with Crippen LogP contribution >= 0.6 is 22.9 Å². The molecule has 2 heterocycles. The molecule has 0 bridgehead atoms. The lowest BCUT2D eigenvalue weighted by Crippen LogP contribution is -2.12. The molecule has 0 atom stereocenters. The van der Waals surface area contributed by atoms with Crippen molar-refractivity contribution in [1.29, 1.82) is 0 Å². The van der Waals surface area contributed by atoms with Crippen LogP contribution in [0.4, 0.5) is 9.52 Å². The number of nitrogens with zero attached hydrogens (tertiary/aromatic N) is 1. The fourth-order valence-corrected chi connectivity index (χ4v) is 3.33. The number of fused-ring (bicyclic) bond motifs is 2. The molecule has 5 nitrogen and oxygen atoms in total. The van der Waals surface area contributed by atoms with Gasteiger partial charge in [0, 0.05) is 12.1 Å². The van der Waals surface area contributed by atoms with Gasteiger partial charge in [-0.05, 0) is 18.2 Å². The number of aromatic nitrogens is 1. The molecule has 0 spiro atoms. The Morgan fingerprint density at radius 3 is 2.83 bits per heavy atom. The van der Waals surface area contributed by atoms with Crippen molar-refractivity contribution >= 4 is 44.2 Å². The van der Waals surface area contributed by atoms with Crippen molar-refractivity contribution in [2.75, 3.05) is 12.1 Å². The molecule has 1 aliphatic rings. The number of benzene rings is 2. The van der Waals surface area contributed by atoms with E-state index in [1.54, 1.807) is 6.07 Å². The highest BCUT2D eigenvalue weighted by Crippen LogP contribution is 2.39. The minimum absolute atomic E-state index is 0.0457. The van der Waals surface area contributed by atoms with Gasteiger partial charge >= 0.3 is 0 Å². The molecule has 0 saturated heterocycles. The summed E-state index contributed by atoms with van der Waals surface area (Å²) in [5.41, 5.74) is 0.876. The fraction of sp³-hybridized carbons (Fsp3) is 0.0667. The van der Waals surface area contributed by atoms with Gasteiger partial charge in [-0.15, -0.1) is 0 Å². The molecular weight excluding hydrogens is 343 g/mol. The molecule has 0 fully saturated rings. The second kappa shape index (κ2) is 5.36. The molecular formula is C15H8ClFN2O3S. The second-order valence-corrected chi connectivity index (χ2v) is 6.21. The Labute approximate surface area is 138 Å². The standard InChI is InChI=1S/C15H8ClFN2O3S/c16-9-3-7(17)1-2-8(9)14(20)19-15-18-10-4-11-12(22-6-21-11)5-13(10)23-15/h1-5H,6H2,(H,18,19,20). The fourth-order valence-electron chi connectivity index (χ4n) is 2.21. The van der Waals surface area contributed by atoms with E-state index < -0.39 is 11.7 Å². The number of hydrogen-bond acceptors (Lipinski definition) is 5. The summed E-state index contributed by atoms with van der Waals surface area (Å²) in [6.45, 7) is 0.194. The van der Waals surface area contributed by atoms with Gasteiger partial charge in [0.05, 0.1) is 20.8 Å². The van der Waals surface area contributed by atoms with Crippen molar-refractivity contribution < 1.29 is 18.7 Å². The minimum Gasteiger partial charge on any atom is -0.454 e. The SMILES string of the molecule is O=C(Nc1nc2cc3c(cc2s1)OCO3)c1ccc(F)cc1Cl. The normalized spacial score (nSPS) is 12.6. The smallest absolute Gasteiger partial charge is 0.258 e. The predicted molar refractivity (Wildman–Crippen MR) is 85.1 cm³/mol. The summed E-state index contributed by atoms with van der Waals surface area (Å²) in [7, 11) is 0. The zero-order valence-corrected chi connectivity index (χ0v) is 13.0. The maximum Gasteiger partial charge on any atom is 0.258 e. The van der Waals surface area contributed by atoms with E-state index in [0.717, 1.165) is 10.8 Å². The van der Waals surface area contributed by atoms with Crippen LogP contribution in [0.25, 0.3) is 10.2 Å². The van der Waals surface area contributed by atoms with Crippen molar-refractivity contribution in [2.24, 2.45) is 0 Å². The zero-order valence-electron chi connectivity index (χ0n) is 11.4. The number of carbonyl (C=O) groups is 1. The molecule has 0 aliphatic carbocycles. The van der Waals surface area contributed by atoms with Crippen LogP contribution in [0.1, 0.15) is 10.4 Å². The van der Waals surface area contributed by atoms with E-state index in [9.17, 15) is 9.18 Å². The molecule has 3 aromatic rings. The van der Waals surface area contributed by atoms with Gasteiger partial charge in [-0.25, -0.2) is 9.37 Å². The maximum absolute atomic E-state index is 13.0. The summed E-state index contributed by atoms with van der Waals surface area (Å²) in [4.78, 5) is 16.6. The summed E-state index contributed by atoms with van der Waals surface area (Å²) in [5.74, 6) is 0.331. The molecule has 1 N–H and O–H groups in total. The third-order valence-corrected chi connectivity index (χ3v) is 4.53. The van der Waals surface area contributed by atoms with Crippen LogP contribution in [-0.2, 0) is 0 Å². The van der Waals surface area contributed by atoms with Crippen LogP contribution in [0.3, 0.4) is 0 Å². The number of halogens is 2. The average Bonchev–Trinajstić information content (AvgIpc) is 3.09. The Morgan fingerprint density at radius 1 is 1.26 bits per heavy atom. The minimum atomic E-state index is -0.499. The molecule has 1 amide bonds. The van der Waals surface area contributed by atoms with Gasteiger partial charge in [0.1, 0.15) is 5.82 Å². The van der Waals surface area contributed by atoms with Crippen molar-refractivity contribution in [3.05, 3.63) is 46.7 Å². The van der Waals surface area contributed by atoms with Crippen molar-refractivity contribution in [2.45, 2.75) is 0 Å². The molecule has 23 heavy (non-hydrogen) atoms. The maximum atomic E-state index is 13.0.